The lowest BCUT2D eigenvalue weighted by Crippen LogP contribution is -2.54. The van der Waals surface area contributed by atoms with Crippen LogP contribution in [-0.4, -0.2) is 14.9 Å². The van der Waals surface area contributed by atoms with Crippen LogP contribution in [0.2, 0.25) is 0 Å². The number of allylic oxidation sites excluding steroid dienone is 4. The maximum atomic E-state index is 14.1. The molecule has 0 saturated heterocycles. The van der Waals surface area contributed by atoms with Crippen molar-refractivity contribution in [1.82, 2.24) is 8.97 Å². The van der Waals surface area contributed by atoms with Gasteiger partial charge in [-0.25, -0.2) is 4.79 Å². The van der Waals surface area contributed by atoms with Gasteiger partial charge >= 0.3 is 5.91 Å². The maximum Gasteiger partial charge on any atom is 0.404 e. The number of rotatable bonds is 0. The lowest BCUT2D eigenvalue weighted by molar-refractivity contribution is -0.521. The van der Waals surface area contributed by atoms with Crippen molar-refractivity contribution in [2.24, 2.45) is 5.92 Å². The average Bonchev–Trinajstić information content (AvgIpc) is 3.26. The summed E-state index contributed by atoms with van der Waals surface area (Å²) in [7, 11) is 0. The molecule has 4 aliphatic rings. The van der Waals surface area contributed by atoms with Gasteiger partial charge < -0.3 is 4.40 Å². The van der Waals surface area contributed by atoms with Crippen LogP contribution < -0.4 is 9.79 Å². The van der Waals surface area contributed by atoms with Crippen LogP contribution in [0.1, 0.15) is 4.79 Å². The van der Waals surface area contributed by atoms with Crippen LogP contribution in [-0.2, 0) is 0 Å². The van der Waals surface area contributed by atoms with Gasteiger partial charge in [-0.1, -0.05) is 60.7 Å². The molecule has 1 aromatic heterocycles. The van der Waals surface area contributed by atoms with Crippen molar-refractivity contribution in [3.8, 4) is 5.69 Å². The van der Waals surface area contributed by atoms with Gasteiger partial charge in [0.05, 0.1) is 27.3 Å². The topological polar surface area (TPSA) is 30.3 Å². The Balaban J connectivity index is 1.70. The second-order valence-corrected chi connectivity index (χ2v) is 9.53. The van der Waals surface area contributed by atoms with Crippen LogP contribution in [0.5, 0.6) is 0 Å². The number of hydrogen-bond donors (Lipinski definition) is 0. The molecule has 9 rings (SSSR count). The highest BCUT2D eigenvalue weighted by atomic mass is 16.2. The molecule has 0 bridgehead atoms. The molecule has 0 fully saturated rings. The second kappa shape index (κ2) is 5.86. The molecule has 4 nitrogen and oxygen atoms in total. The molecule has 0 amide bonds. The number of carbonyl (C=O) groups is 1. The van der Waals surface area contributed by atoms with Gasteiger partial charge in [0.15, 0.2) is 0 Å². The summed E-state index contributed by atoms with van der Waals surface area (Å²) in [6.45, 7) is 0. The molecule has 162 valence electrons. The predicted molar refractivity (Wildman–Crippen MR) is 139 cm³/mol. The molecule has 4 aromatic carbocycles. The fraction of sp³-hybridized carbons (Fsp3) is 0.0323. The molecular weight excluding hydrogens is 430 g/mol. The van der Waals surface area contributed by atoms with Gasteiger partial charge in [0.2, 0.25) is 11.0 Å². The van der Waals surface area contributed by atoms with E-state index in [1.165, 1.54) is 16.3 Å². The molecular formula is C31H18N3O+. The molecule has 0 N–H and O–H groups in total. The molecule has 1 aliphatic carbocycles. The van der Waals surface area contributed by atoms with Crippen LogP contribution in [0.25, 0.3) is 60.6 Å². The van der Waals surface area contributed by atoms with Crippen molar-refractivity contribution in [1.29, 1.82) is 0 Å². The van der Waals surface area contributed by atoms with Crippen LogP contribution in [0.3, 0.4) is 0 Å². The quantitative estimate of drug-likeness (QED) is 0.175. The van der Waals surface area contributed by atoms with E-state index in [0.29, 0.717) is 0 Å². The van der Waals surface area contributed by atoms with Crippen molar-refractivity contribution in [2.45, 2.75) is 0 Å². The van der Waals surface area contributed by atoms with Crippen LogP contribution >= 0.6 is 0 Å². The van der Waals surface area contributed by atoms with Crippen molar-refractivity contribution in [2.75, 3.05) is 0 Å². The fourth-order valence-electron chi connectivity index (χ4n) is 6.58. The summed E-state index contributed by atoms with van der Waals surface area (Å²) >= 11 is 0. The highest BCUT2D eigenvalue weighted by Crippen LogP contribution is 2.41. The van der Waals surface area contributed by atoms with Gasteiger partial charge in [-0.3, -0.25) is 4.57 Å². The first-order valence-electron chi connectivity index (χ1n) is 12.0. The van der Waals surface area contributed by atoms with E-state index in [4.69, 9.17) is 0 Å². The monoisotopic (exact) mass is 448 g/mol. The summed E-state index contributed by atoms with van der Waals surface area (Å²) in [6.07, 6.45) is 8.13. The first-order chi connectivity index (χ1) is 17.3. The third-order valence-electron chi connectivity index (χ3n) is 7.92. The zero-order chi connectivity index (χ0) is 22.8. The SMILES string of the molecule is O=C1C2C=CC=CC2=c2cccc3c2[n+]1c1ccc2c4ccccc4n4c5ccccc5n3-c1c24. The number of carbonyl (C=O) groups excluding carboxylic acids is 1. The van der Waals surface area contributed by atoms with Crippen LogP contribution in [0.4, 0.5) is 0 Å². The lowest BCUT2D eigenvalue weighted by atomic mass is 9.88. The highest BCUT2D eigenvalue weighted by molar-refractivity contribution is 6.17. The van der Waals surface area contributed by atoms with Gasteiger partial charge in [0, 0.05) is 16.8 Å². The Hall–Kier alpha value is -4.70. The normalized spacial score (nSPS) is 17.2. The average molecular weight is 449 g/mol. The molecule has 0 saturated carbocycles. The summed E-state index contributed by atoms with van der Waals surface area (Å²) in [4.78, 5) is 14.1. The number of benzene rings is 4. The Morgan fingerprint density at radius 1 is 0.714 bits per heavy atom. The van der Waals surface area contributed by atoms with E-state index in [1.807, 2.05) is 22.8 Å². The number of nitrogens with zero attached hydrogens (tertiary/aromatic N) is 3. The van der Waals surface area contributed by atoms with Crippen molar-refractivity contribution < 1.29 is 9.36 Å². The lowest BCUT2D eigenvalue weighted by Gasteiger charge is -2.24. The predicted octanol–water partition coefficient (Wildman–Crippen LogP) is 5.33. The molecule has 5 aromatic rings. The van der Waals surface area contributed by atoms with E-state index >= 15 is 0 Å². The minimum Gasteiger partial charge on any atom is -0.305 e. The van der Waals surface area contributed by atoms with E-state index in [1.54, 1.807) is 0 Å². The van der Waals surface area contributed by atoms with Gasteiger partial charge in [-0.2, -0.15) is 0 Å². The number of hydrogen-bond acceptors (Lipinski definition) is 1. The van der Waals surface area contributed by atoms with E-state index in [0.717, 1.165) is 49.6 Å². The highest BCUT2D eigenvalue weighted by Gasteiger charge is 2.40. The Labute approximate surface area is 199 Å². The molecule has 0 spiro atoms. The summed E-state index contributed by atoms with van der Waals surface area (Å²) in [5.41, 5.74) is 9.75. The van der Waals surface area contributed by atoms with E-state index in [-0.39, 0.29) is 11.8 Å². The Bertz CT molecular complexity index is 2190. The van der Waals surface area contributed by atoms with Crippen molar-refractivity contribution in [3.05, 3.63) is 108 Å². The Morgan fingerprint density at radius 3 is 2.43 bits per heavy atom. The third kappa shape index (κ3) is 1.90. The number of aromatic nitrogens is 3. The summed E-state index contributed by atoms with van der Waals surface area (Å²) in [5, 5.41) is 3.56. The molecule has 1 unspecified atom stereocenters. The standard InChI is InChI=1S/C31H18N3O/c35-31-22-10-2-1-8-18(22)20-11-7-15-26-28(20)34(31)27-17-16-21-19-9-3-4-12-23(19)32-24-13-5-6-14-25(24)33(26)30(27)29(21)32/h1-17,22H/q+1. The summed E-state index contributed by atoms with van der Waals surface area (Å²) < 4.78 is 6.72. The molecule has 35 heavy (non-hydrogen) atoms. The third-order valence-corrected chi connectivity index (χ3v) is 7.92. The molecule has 1 atom stereocenters. The summed E-state index contributed by atoms with van der Waals surface area (Å²) in [6, 6.07) is 27.9. The first kappa shape index (κ1) is 17.7. The van der Waals surface area contributed by atoms with E-state index in [9.17, 15) is 4.79 Å². The smallest absolute Gasteiger partial charge is 0.305 e. The van der Waals surface area contributed by atoms with Gasteiger partial charge in [-0.05, 0) is 42.0 Å². The maximum absolute atomic E-state index is 14.1. The summed E-state index contributed by atoms with van der Waals surface area (Å²) in [5.74, 6) is -0.156. The minimum absolute atomic E-state index is 0.109. The molecule has 0 radical (unpaired) electrons. The minimum atomic E-state index is -0.265. The fourth-order valence-corrected chi connectivity index (χ4v) is 6.58. The molecule has 4 heteroatoms. The second-order valence-electron chi connectivity index (χ2n) is 9.53. The zero-order valence-corrected chi connectivity index (χ0v) is 18.6. The number of fused-ring (bicyclic) bond motifs is 9. The van der Waals surface area contributed by atoms with Gasteiger partial charge in [-0.15, -0.1) is 4.57 Å². The Morgan fingerprint density at radius 2 is 1.51 bits per heavy atom. The van der Waals surface area contributed by atoms with E-state index < -0.39 is 0 Å². The van der Waals surface area contributed by atoms with Crippen LogP contribution in [0.15, 0.2) is 103 Å². The van der Waals surface area contributed by atoms with Crippen LogP contribution in [0, 0.1) is 5.92 Å². The zero-order valence-electron chi connectivity index (χ0n) is 18.6. The van der Waals surface area contributed by atoms with E-state index in [2.05, 4.69) is 93.9 Å². The van der Waals surface area contributed by atoms with Gasteiger partial charge in [0.1, 0.15) is 17.1 Å². The van der Waals surface area contributed by atoms with Gasteiger partial charge in [0.25, 0.3) is 0 Å². The Kier molecular flexibility index (Phi) is 2.97. The molecule has 3 aliphatic heterocycles. The van der Waals surface area contributed by atoms with Crippen molar-refractivity contribution >= 4 is 60.9 Å². The van der Waals surface area contributed by atoms with Crippen molar-refractivity contribution in [3.63, 3.8) is 0 Å². The first-order valence-corrected chi connectivity index (χ1v) is 12.0. The number of para-hydroxylation sites is 4. The largest absolute Gasteiger partial charge is 0.404 e. The molecule has 4 heterocycles.